The van der Waals surface area contributed by atoms with Crippen LogP contribution in [0.1, 0.15) is 120 Å². The summed E-state index contributed by atoms with van der Waals surface area (Å²) in [6.45, 7) is 6.74. The molecule has 2 unspecified atom stereocenters. The highest BCUT2D eigenvalue weighted by atomic mass is 32.2. The number of likely N-dealkylation sites (tertiary alicyclic amines) is 1. The summed E-state index contributed by atoms with van der Waals surface area (Å²) in [6, 6.07) is 28.7. The number of carbonyl (C=O) groups is 5. The molecule has 1 saturated heterocycles. The number of ether oxygens (including phenoxy) is 1. The molecule has 4 aromatic carbocycles. The highest BCUT2D eigenvalue weighted by Gasteiger charge is 2.47. The number of hydrogen-bond donors (Lipinski definition) is 4. The van der Waals surface area contributed by atoms with E-state index in [9.17, 15) is 34.2 Å². The Kier molecular flexibility index (Phi) is 15.5. The number of amides is 3. The fraction of sp³-hybridized carbons (Fsp3) is 0.436. The van der Waals surface area contributed by atoms with Gasteiger partial charge in [0, 0.05) is 64.5 Å². The SMILES string of the molecule is COc1cc(CCCc2cccc(C3C[C@@H]3CCNC(=O)c3ccc(CN4C[C@@H](SC5=C(C(=O)O)N(C=O)C([C@H](C)[C@@H](C)O)[C@H]5C)C[C@H]4C(=O)Nc4cccc(C=O)c4)cc3)c2)ccc1C1CC1. The van der Waals surface area contributed by atoms with Crippen LogP contribution in [0.5, 0.6) is 5.75 Å². The first-order valence-corrected chi connectivity index (χ1v) is 25.0. The minimum atomic E-state index is -1.22. The summed E-state index contributed by atoms with van der Waals surface area (Å²) >= 11 is 1.38. The van der Waals surface area contributed by atoms with Crippen LogP contribution in [0.4, 0.5) is 5.69 Å². The molecule has 3 fully saturated rings. The molecule has 2 aliphatic carbocycles. The van der Waals surface area contributed by atoms with E-state index in [0.717, 1.165) is 49.7 Å². The molecule has 0 spiro atoms. The Balaban J connectivity index is 0.852. The first-order chi connectivity index (χ1) is 32.8. The second kappa shape index (κ2) is 21.7. The fourth-order valence-corrected chi connectivity index (χ4v) is 12.0. The number of nitrogens with zero attached hydrogens (tertiary/aromatic N) is 2. The molecule has 4 aromatic rings. The maximum absolute atomic E-state index is 14.0. The number of aliphatic hydroxyl groups excluding tert-OH is 1. The molecule has 3 amide bonds. The van der Waals surface area contributed by atoms with Crippen molar-refractivity contribution < 1.29 is 38.9 Å². The van der Waals surface area contributed by atoms with E-state index in [1.807, 2.05) is 24.0 Å². The van der Waals surface area contributed by atoms with Crippen LogP contribution in [-0.2, 0) is 33.8 Å². The molecule has 13 heteroatoms. The van der Waals surface area contributed by atoms with E-state index >= 15 is 0 Å². The van der Waals surface area contributed by atoms with Gasteiger partial charge in [0.05, 0.1) is 19.3 Å². The maximum Gasteiger partial charge on any atom is 0.353 e. The van der Waals surface area contributed by atoms with Gasteiger partial charge in [-0.25, -0.2) is 4.79 Å². The van der Waals surface area contributed by atoms with Crippen LogP contribution in [0.3, 0.4) is 0 Å². The Morgan fingerprint density at radius 3 is 2.34 bits per heavy atom. The Morgan fingerprint density at radius 2 is 1.65 bits per heavy atom. The van der Waals surface area contributed by atoms with E-state index in [-0.39, 0.29) is 34.6 Å². The predicted molar refractivity (Wildman–Crippen MR) is 265 cm³/mol. The van der Waals surface area contributed by atoms with Crippen molar-refractivity contribution in [1.29, 1.82) is 0 Å². The molecule has 2 saturated carbocycles. The van der Waals surface area contributed by atoms with Gasteiger partial charge in [-0.3, -0.25) is 24.1 Å². The zero-order valence-electron chi connectivity index (χ0n) is 39.4. The number of carbonyl (C=O) groups excluding carboxylic acids is 4. The zero-order chi connectivity index (χ0) is 48.1. The normalized spacial score (nSPS) is 23.2. The van der Waals surface area contributed by atoms with Gasteiger partial charge in [0.1, 0.15) is 17.7 Å². The molecule has 4 N–H and O–H groups in total. The number of aliphatic carboxylic acids is 1. The molecule has 12 nitrogen and oxygen atoms in total. The van der Waals surface area contributed by atoms with Crippen molar-refractivity contribution >= 4 is 47.9 Å². The number of nitrogens with one attached hydrogen (secondary N) is 2. The molecule has 0 radical (unpaired) electrons. The number of carboxylic acid groups (broad SMARTS) is 1. The van der Waals surface area contributed by atoms with Crippen LogP contribution in [0, 0.1) is 17.8 Å². The number of thioether (sulfide) groups is 1. The number of carboxylic acids is 1. The minimum Gasteiger partial charge on any atom is -0.496 e. The third kappa shape index (κ3) is 11.4. The summed E-state index contributed by atoms with van der Waals surface area (Å²) in [7, 11) is 1.77. The van der Waals surface area contributed by atoms with Crippen molar-refractivity contribution in [1.82, 2.24) is 15.1 Å². The average Bonchev–Trinajstić information content (AvgIpc) is 4.27. The maximum atomic E-state index is 14.0. The van der Waals surface area contributed by atoms with Crippen molar-refractivity contribution in [2.45, 2.75) is 114 Å². The average molecular weight is 941 g/mol. The van der Waals surface area contributed by atoms with Gasteiger partial charge in [0.25, 0.3) is 5.91 Å². The van der Waals surface area contributed by atoms with Gasteiger partial charge >= 0.3 is 5.97 Å². The lowest BCUT2D eigenvalue weighted by molar-refractivity contribution is -0.137. The zero-order valence-corrected chi connectivity index (χ0v) is 40.3. The molecule has 8 atom stereocenters. The van der Waals surface area contributed by atoms with Crippen molar-refractivity contribution in [3.63, 3.8) is 0 Å². The van der Waals surface area contributed by atoms with E-state index in [1.54, 1.807) is 57.4 Å². The predicted octanol–water partition coefficient (Wildman–Crippen LogP) is 8.59. The molecular formula is C55H64N4O8S. The number of hydrogen-bond acceptors (Lipinski definition) is 9. The summed E-state index contributed by atoms with van der Waals surface area (Å²) in [6.07, 6.45) is 8.56. The van der Waals surface area contributed by atoms with E-state index < -0.39 is 24.2 Å². The molecule has 68 heavy (non-hydrogen) atoms. The van der Waals surface area contributed by atoms with Gasteiger partial charge in [0.15, 0.2) is 0 Å². The molecule has 0 bridgehead atoms. The topological polar surface area (TPSA) is 166 Å². The fourth-order valence-electron chi connectivity index (χ4n) is 10.4. The monoisotopic (exact) mass is 940 g/mol. The smallest absolute Gasteiger partial charge is 0.353 e. The lowest BCUT2D eigenvalue weighted by atomic mass is 9.88. The Labute approximate surface area is 403 Å². The Bertz CT molecular complexity index is 2520. The van der Waals surface area contributed by atoms with Crippen molar-refractivity contribution in [3.05, 3.63) is 141 Å². The highest BCUT2D eigenvalue weighted by molar-refractivity contribution is 8.03. The third-order valence-electron chi connectivity index (χ3n) is 14.6. The number of anilines is 1. The number of aliphatic hydroxyl groups is 1. The van der Waals surface area contributed by atoms with Crippen LogP contribution >= 0.6 is 11.8 Å². The largest absolute Gasteiger partial charge is 0.496 e. The van der Waals surface area contributed by atoms with Crippen molar-refractivity contribution in [3.8, 4) is 5.75 Å². The van der Waals surface area contributed by atoms with Gasteiger partial charge in [-0.15, -0.1) is 11.8 Å². The van der Waals surface area contributed by atoms with Gasteiger partial charge in [-0.05, 0) is 134 Å². The molecule has 0 aromatic heterocycles. The van der Waals surface area contributed by atoms with Gasteiger partial charge in [0.2, 0.25) is 12.3 Å². The van der Waals surface area contributed by atoms with Crippen molar-refractivity contribution in [2.24, 2.45) is 17.8 Å². The molecule has 4 aliphatic rings. The highest BCUT2D eigenvalue weighted by Crippen LogP contribution is 2.50. The second-order valence-electron chi connectivity index (χ2n) is 19.4. The molecular weight excluding hydrogens is 877 g/mol. The van der Waals surface area contributed by atoms with Crippen LogP contribution in [0.15, 0.2) is 102 Å². The number of rotatable bonds is 22. The molecule has 358 valence electrons. The summed E-state index contributed by atoms with van der Waals surface area (Å²) in [5.74, 6) is 0.385. The lowest BCUT2D eigenvalue weighted by Gasteiger charge is -2.32. The van der Waals surface area contributed by atoms with Gasteiger partial charge in [-0.2, -0.15) is 0 Å². The Morgan fingerprint density at radius 1 is 0.912 bits per heavy atom. The summed E-state index contributed by atoms with van der Waals surface area (Å²) in [5.41, 5.74) is 7.70. The number of methoxy groups -OCH3 is 1. The van der Waals surface area contributed by atoms with E-state index in [0.29, 0.717) is 71.9 Å². The molecule has 2 heterocycles. The van der Waals surface area contributed by atoms with Crippen LogP contribution in [0.25, 0.3) is 0 Å². The standard InChI is InChI=1S/C55H64N4O8S/c1-33(35(3)62)50-34(2)52(51(55(65)66)59(50)32-61)68-45-28-48(54(64)57-44-13-7-11-39(25-44)31-60)58(30-45)29-38-14-17-41(18-15-38)53(63)56-23-22-43-27-47(43)42-12-6-10-36(24-42)8-5-9-37-16-21-46(40-19-20-40)49(26-37)67-4/h6-7,10-18,21,24-26,31-35,40,43,45,47-48,50,62H,5,8-9,19-20,22-23,27-30H2,1-4H3,(H,56,63)(H,57,64)(H,65,66)/t33-,34-,35-,43+,45+,47?,48+,50?/m1/s1. The second-order valence-corrected chi connectivity index (χ2v) is 20.7. The Hall–Kier alpha value is -5.76. The van der Waals surface area contributed by atoms with E-state index in [1.165, 1.54) is 51.8 Å². The first-order valence-electron chi connectivity index (χ1n) is 24.1. The quantitative estimate of drug-likeness (QED) is 0.0561. The number of aldehydes is 1. The van der Waals surface area contributed by atoms with E-state index in [4.69, 9.17) is 4.74 Å². The molecule has 8 rings (SSSR count). The van der Waals surface area contributed by atoms with Gasteiger partial charge in [-0.1, -0.05) is 74.5 Å². The van der Waals surface area contributed by atoms with Crippen LogP contribution in [0.2, 0.25) is 0 Å². The van der Waals surface area contributed by atoms with Crippen LogP contribution in [-0.4, -0.2) is 94.1 Å². The summed E-state index contributed by atoms with van der Waals surface area (Å²) in [4.78, 5) is 67.6. The molecule has 2 aliphatic heterocycles. The minimum absolute atomic E-state index is 0.0924. The van der Waals surface area contributed by atoms with Crippen molar-refractivity contribution in [2.75, 3.05) is 25.5 Å². The third-order valence-corrected chi connectivity index (χ3v) is 16.1. The summed E-state index contributed by atoms with van der Waals surface area (Å²) in [5, 5.41) is 26.7. The van der Waals surface area contributed by atoms with E-state index in [2.05, 4.69) is 53.1 Å². The summed E-state index contributed by atoms with van der Waals surface area (Å²) < 4.78 is 5.70. The lowest BCUT2D eigenvalue weighted by Crippen LogP contribution is -2.42. The van der Waals surface area contributed by atoms with Crippen LogP contribution < -0.4 is 15.4 Å². The first kappa shape index (κ1) is 48.7. The number of aryl methyl sites for hydroxylation is 2. The van der Waals surface area contributed by atoms with Gasteiger partial charge < -0.3 is 30.5 Å². The number of benzene rings is 4.